The Morgan fingerprint density at radius 1 is 1.16 bits per heavy atom. The van der Waals surface area contributed by atoms with Gasteiger partial charge in [0.25, 0.3) is 0 Å². The SMILES string of the molecule is COc1ccc(OC)c2c1CN(NC1=NCCN1)C2. The highest BCUT2D eigenvalue weighted by atomic mass is 16.5. The lowest BCUT2D eigenvalue weighted by Crippen LogP contribution is -2.43. The van der Waals surface area contributed by atoms with E-state index in [1.54, 1.807) is 14.2 Å². The van der Waals surface area contributed by atoms with Gasteiger partial charge in [-0.2, -0.15) is 0 Å². The third kappa shape index (κ3) is 2.19. The van der Waals surface area contributed by atoms with Crippen molar-refractivity contribution in [2.24, 2.45) is 4.99 Å². The van der Waals surface area contributed by atoms with Gasteiger partial charge < -0.3 is 14.8 Å². The number of nitrogens with zero attached hydrogens (tertiary/aromatic N) is 2. The summed E-state index contributed by atoms with van der Waals surface area (Å²) in [6, 6.07) is 3.90. The number of hydrogen-bond acceptors (Lipinski definition) is 6. The summed E-state index contributed by atoms with van der Waals surface area (Å²) in [5, 5.41) is 5.31. The van der Waals surface area contributed by atoms with E-state index in [2.05, 4.69) is 20.7 Å². The van der Waals surface area contributed by atoms with Crippen molar-refractivity contribution in [1.82, 2.24) is 15.8 Å². The minimum absolute atomic E-state index is 0.774. The van der Waals surface area contributed by atoms with E-state index >= 15 is 0 Å². The standard InChI is InChI=1S/C13H18N4O2/c1-18-11-3-4-12(19-2)10-8-17(7-9(10)11)16-13-14-5-6-15-13/h3-4H,5-8H2,1-2H3,(H2,14,15,16). The van der Waals surface area contributed by atoms with Crippen LogP contribution in [0, 0.1) is 0 Å². The Hall–Kier alpha value is -1.95. The summed E-state index contributed by atoms with van der Waals surface area (Å²) in [6.45, 7) is 3.28. The molecule has 0 aliphatic carbocycles. The molecule has 0 fully saturated rings. The molecule has 102 valence electrons. The van der Waals surface area contributed by atoms with Crippen LogP contribution in [0.15, 0.2) is 17.1 Å². The van der Waals surface area contributed by atoms with Crippen LogP contribution in [0.3, 0.4) is 0 Å². The number of nitrogens with one attached hydrogen (secondary N) is 2. The van der Waals surface area contributed by atoms with Crippen LogP contribution in [0.1, 0.15) is 11.1 Å². The van der Waals surface area contributed by atoms with Crippen LogP contribution >= 0.6 is 0 Å². The van der Waals surface area contributed by atoms with Crippen molar-refractivity contribution >= 4 is 5.96 Å². The van der Waals surface area contributed by atoms with Gasteiger partial charge in [0, 0.05) is 30.8 Å². The van der Waals surface area contributed by atoms with Crippen LogP contribution in [0.5, 0.6) is 11.5 Å². The minimum Gasteiger partial charge on any atom is -0.496 e. The van der Waals surface area contributed by atoms with Crippen molar-refractivity contribution in [3.05, 3.63) is 23.3 Å². The van der Waals surface area contributed by atoms with E-state index in [0.29, 0.717) is 0 Å². The molecule has 19 heavy (non-hydrogen) atoms. The highest BCUT2D eigenvalue weighted by Gasteiger charge is 2.26. The fraction of sp³-hybridized carbons (Fsp3) is 0.462. The molecule has 0 aromatic heterocycles. The molecule has 1 aromatic carbocycles. The lowest BCUT2D eigenvalue weighted by molar-refractivity contribution is 0.236. The summed E-state index contributed by atoms with van der Waals surface area (Å²) >= 11 is 0. The highest BCUT2D eigenvalue weighted by molar-refractivity contribution is 5.80. The number of ether oxygens (including phenoxy) is 2. The molecule has 0 saturated carbocycles. The van der Waals surface area contributed by atoms with Crippen LogP contribution in [-0.4, -0.2) is 38.3 Å². The Kier molecular flexibility index (Phi) is 3.16. The summed E-state index contributed by atoms with van der Waals surface area (Å²) in [5.74, 6) is 2.65. The number of guanidine groups is 1. The smallest absolute Gasteiger partial charge is 0.206 e. The third-order valence-corrected chi connectivity index (χ3v) is 3.42. The second-order valence-electron chi connectivity index (χ2n) is 4.55. The first kappa shape index (κ1) is 12.1. The second kappa shape index (κ2) is 4.97. The predicted molar refractivity (Wildman–Crippen MR) is 72.2 cm³/mol. The van der Waals surface area contributed by atoms with Crippen LogP contribution in [0.4, 0.5) is 0 Å². The molecule has 2 aliphatic rings. The van der Waals surface area contributed by atoms with Crippen LogP contribution in [0.25, 0.3) is 0 Å². The summed E-state index contributed by atoms with van der Waals surface area (Å²) in [6.07, 6.45) is 0. The maximum Gasteiger partial charge on any atom is 0.206 e. The molecule has 0 radical (unpaired) electrons. The van der Waals surface area contributed by atoms with Gasteiger partial charge in [-0.1, -0.05) is 0 Å². The van der Waals surface area contributed by atoms with E-state index in [1.807, 2.05) is 12.1 Å². The lowest BCUT2D eigenvalue weighted by atomic mass is 10.1. The first-order chi connectivity index (χ1) is 9.31. The number of hydrazine groups is 1. The summed E-state index contributed by atoms with van der Waals surface area (Å²) in [4.78, 5) is 4.34. The van der Waals surface area contributed by atoms with Gasteiger partial charge in [0.2, 0.25) is 5.96 Å². The maximum atomic E-state index is 5.42. The zero-order valence-corrected chi connectivity index (χ0v) is 11.2. The van der Waals surface area contributed by atoms with E-state index in [4.69, 9.17) is 9.47 Å². The van der Waals surface area contributed by atoms with Crippen molar-refractivity contribution in [2.45, 2.75) is 13.1 Å². The zero-order chi connectivity index (χ0) is 13.2. The molecule has 0 unspecified atom stereocenters. The fourth-order valence-corrected chi connectivity index (χ4v) is 2.52. The number of benzene rings is 1. The number of methoxy groups -OCH3 is 2. The molecule has 2 heterocycles. The van der Waals surface area contributed by atoms with Gasteiger partial charge in [-0.3, -0.25) is 10.4 Å². The molecule has 3 rings (SSSR count). The first-order valence-corrected chi connectivity index (χ1v) is 6.34. The van der Waals surface area contributed by atoms with Crippen molar-refractivity contribution in [1.29, 1.82) is 0 Å². The summed E-state index contributed by atoms with van der Waals surface area (Å²) in [5.41, 5.74) is 5.64. The number of fused-ring (bicyclic) bond motifs is 1. The third-order valence-electron chi connectivity index (χ3n) is 3.42. The van der Waals surface area contributed by atoms with Gasteiger partial charge in [0.05, 0.1) is 20.8 Å². The van der Waals surface area contributed by atoms with Crippen molar-refractivity contribution in [3.63, 3.8) is 0 Å². The molecule has 0 atom stereocenters. The fourth-order valence-electron chi connectivity index (χ4n) is 2.52. The topological polar surface area (TPSA) is 58.1 Å². The Bertz CT molecular complexity index is 483. The Morgan fingerprint density at radius 2 is 1.79 bits per heavy atom. The predicted octanol–water partition coefficient (Wildman–Crippen LogP) is 0.483. The van der Waals surface area contributed by atoms with Crippen molar-refractivity contribution in [2.75, 3.05) is 27.3 Å². The molecular weight excluding hydrogens is 244 g/mol. The van der Waals surface area contributed by atoms with Gasteiger partial charge in [-0.25, -0.2) is 5.01 Å². The Balaban J connectivity index is 1.81. The summed E-state index contributed by atoms with van der Waals surface area (Å²) in [7, 11) is 3.39. The molecule has 6 nitrogen and oxygen atoms in total. The largest absolute Gasteiger partial charge is 0.496 e. The van der Waals surface area contributed by atoms with Crippen LogP contribution in [-0.2, 0) is 13.1 Å². The monoisotopic (exact) mass is 262 g/mol. The van der Waals surface area contributed by atoms with Crippen molar-refractivity contribution in [3.8, 4) is 11.5 Å². The van der Waals surface area contributed by atoms with E-state index < -0.39 is 0 Å². The molecule has 0 spiro atoms. The molecule has 6 heteroatoms. The molecule has 0 saturated heterocycles. The normalized spacial score (nSPS) is 17.7. The van der Waals surface area contributed by atoms with E-state index in [1.165, 1.54) is 11.1 Å². The average molecular weight is 262 g/mol. The second-order valence-corrected chi connectivity index (χ2v) is 4.55. The maximum absolute atomic E-state index is 5.42. The Labute approximate surface area is 112 Å². The highest BCUT2D eigenvalue weighted by Crippen LogP contribution is 2.36. The molecule has 2 N–H and O–H groups in total. The van der Waals surface area contributed by atoms with Gasteiger partial charge in [0.1, 0.15) is 11.5 Å². The van der Waals surface area contributed by atoms with Gasteiger partial charge in [-0.15, -0.1) is 0 Å². The lowest BCUT2D eigenvalue weighted by Gasteiger charge is -2.17. The molecule has 0 bridgehead atoms. The zero-order valence-electron chi connectivity index (χ0n) is 11.2. The summed E-state index contributed by atoms with van der Waals surface area (Å²) < 4.78 is 10.8. The molecular formula is C13H18N4O2. The van der Waals surface area contributed by atoms with E-state index in [-0.39, 0.29) is 0 Å². The molecule has 0 amide bonds. The van der Waals surface area contributed by atoms with Gasteiger partial charge in [0.15, 0.2) is 0 Å². The average Bonchev–Trinajstić information content (AvgIpc) is 3.07. The van der Waals surface area contributed by atoms with E-state index in [0.717, 1.165) is 43.6 Å². The quantitative estimate of drug-likeness (QED) is 0.830. The van der Waals surface area contributed by atoms with Gasteiger partial charge in [-0.05, 0) is 12.1 Å². The van der Waals surface area contributed by atoms with Crippen molar-refractivity contribution < 1.29 is 9.47 Å². The van der Waals surface area contributed by atoms with Crippen LogP contribution in [0.2, 0.25) is 0 Å². The molecule has 1 aromatic rings. The minimum atomic E-state index is 0.774. The molecule has 2 aliphatic heterocycles. The first-order valence-electron chi connectivity index (χ1n) is 6.34. The van der Waals surface area contributed by atoms with Crippen LogP contribution < -0.4 is 20.2 Å². The number of rotatable bonds is 3. The number of hydrogen-bond donors (Lipinski definition) is 2. The van der Waals surface area contributed by atoms with Gasteiger partial charge >= 0.3 is 0 Å². The van der Waals surface area contributed by atoms with E-state index in [9.17, 15) is 0 Å². The Morgan fingerprint density at radius 3 is 2.26 bits per heavy atom. The number of aliphatic imine (C=N–C) groups is 1.